The summed E-state index contributed by atoms with van der Waals surface area (Å²) in [6, 6.07) is 0.875. The highest BCUT2D eigenvalue weighted by Crippen LogP contribution is 2.34. The Balaban J connectivity index is 1.65. The zero-order chi connectivity index (χ0) is 15.1. The molecule has 2 aliphatic rings. The fraction of sp³-hybridized carbons (Fsp3) is 0.824. The summed E-state index contributed by atoms with van der Waals surface area (Å²) in [4.78, 5) is 9.29. The number of rotatable bonds is 10. The lowest BCUT2D eigenvalue weighted by Gasteiger charge is -2.25. The van der Waals surface area contributed by atoms with Gasteiger partial charge in [-0.1, -0.05) is 6.08 Å². The number of aliphatic imine (C=N–C) groups is 1. The van der Waals surface area contributed by atoms with Crippen molar-refractivity contribution in [2.24, 2.45) is 10.9 Å². The zero-order valence-electron chi connectivity index (χ0n) is 13.9. The second-order valence-corrected chi connectivity index (χ2v) is 6.50. The summed E-state index contributed by atoms with van der Waals surface area (Å²) >= 11 is 0. The van der Waals surface area contributed by atoms with E-state index in [9.17, 15) is 0 Å². The van der Waals surface area contributed by atoms with E-state index < -0.39 is 0 Å². The number of allylic oxidation sites excluding steroid dienone is 1. The Bertz CT molecular complexity index is 345. The molecule has 0 saturated heterocycles. The minimum Gasteiger partial charge on any atom is -0.355 e. The molecular formula is C17H32N4. The molecule has 0 heterocycles. The molecule has 2 aliphatic carbocycles. The average Bonchev–Trinajstić information content (AvgIpc) is 3.36. The molecule has 0 amide bonds. The van der Waals surface area contributed by atoms with Crippen LogP contribution in [0, 0.1) is 5.92 Å². The monoisotopic (exact) mass is 292 g/mol. The molecule has 2 saturated carbocycles. The molecule has 1 N–H and O–H groups in total. The predicted octanol–water partition coefficient (Wildman–Crippen LogP) is 2.33. The lowest BCUT2D eigenvalue weighted by molar-refractivity contribution is 0.255. The summed E-state index contributed by atoms with van der Waals surface area (Å²) in [7, 11) is 3.98. The van der Waals surface area contributed by atoms with E-state index in [1.54, 1.807) is 0 Å². The van der Waals surface area contributed by atoms with Crippen molar-refractivity contribution in [3.8, 4) is 0 Å². The van der Waals surface area contributed by atoms with Crippen molar-refractivity contribution in [3.05, 3.63) is 12.7 Å². The Morgan fingerprint density at radius 2 is 2.05 bits per heavy atom. The van der Waals surface area contributed by atoms with Crippen LogP contribution in [0.4, 0.5) is 0 Å². The standard InChI is InChI=1S/C17H32N4/c1-4-5-6-12-20(3)17(18-2)19-11-13-21(16-9-10-16)14-15-7-8-15/h4,15-16H,1,5-14H2,2-3H3,(H,18,19). The highest BCUT2D eigenvalue weighted by Gasteiger charge is 2.33. The Kier molecular flexibility index (Phi) is 6.55. The molecule has 0 aromatic carbocycles. The van der Waals surface area contributed by atoms with Gasteiger partial charge in [-0.3, -0.25) is 9.89 Å². The van der Waals surface area contributed by atoms with E-state index >= 15 is 0 Å². The van der Waals surface area contributed by atoms with Crippen molar-refractivity contribution in [2.45, 2.75) is 44.6 Å². The summed E-state index contributed by atoms with van der Waals surface area (Å²) in [5, 5.41) is 3.51. The molecule has 4 heteroatoms. The maximum absolute atomic E-state index is 4.38. The van der Waals surface area contributed by atoms with Crippen molar-refractivity contribution >= 4 is 5.96 Å². The van der Waals surface area contributed by atoms with Crippen LogP contribution < -0.4 is 5.32 Å². The van der Waals surface area contributed by atoms with Crippen molar-refractivity contribution in [3.63, 3.8) is 0 Å². The molecule has 0 atom stereocenters. The lowest BCUT2D eigenvalue weighted by Crippen LogP contribution is -2.43. The molecule has 4 nitrogen and oxygen atoms in total. The van der Waals surface area contributed by atoms with Crippen molar-refractivity contribution < 1.29 is 0 Å². The van der Waals surface area contributed by atoms with Crippen LogP contribution in [-0.4, -0.2) is 62.1 Å². The highest BCUT2D eigenvalue weighted by atomic mass is 15.3. The molecule has 0 aromatic rings. The summed E-state index contributed by atoms with van der Waals surface area (Å²) in [6.45, 7) is 8.28. The Labute approximate surface area is 130 Å². The third-order valence-corrected chi connectivity index (χ3v) is 4.41. The number of nitrogens with one attached hydrogen (secondary N) is 1. The molecule has 0 aromatic heterocycles. The van der Waals surface area contributed by atoms with E-state index in [1.807, 2.05) is 13.1 Å². The average molecular weight is 292 g/mol. The first-order valence-electron chi connectivity index (χ1n) is 8.51. The van der Waals surface area contributed by atoms with Gasteiger partial charge in [0.15, 0.2) is 5.96 Å². The fourth-order valence-electron chi connectivity index (χ4n) is 2.77. The van der Waals surface area contributed by atoms with E-state index in [0.29, 0.717) is 0 Å². The minimum absolute atomic E-state index is 0.875. The number of unbranched alkanes of at least 4 members (excludes halogenated alkanes) is 1. The Morgan fingerprint density at radius 3 is 2.62 bits per heavy atom. The third kappa shape index (κ3) is 6.08. The zero-order valence-corrected chi connectivity index (χ0v) is 13.9. The van der Waals surface area contributed by atoms with Crippen LogP contribution in [0.1, 0.15) is 38.5 Å². The van der Waals surface area contributed by atoms with E-state index in [-0.39, 0.29) is 0 Å². The van der Waals surface area contributed by atoms with E-state index in [2.05, 4.69) is 33.7 Å². The molecule has 0 bridgehead atoms. The molecule has 21 heavy (non-hydrogen) atoms. The molecule has 0 unspecified atom stereocenters. The molecule has 0 spiro atoms. The maximum Gasteiger partial charge on any atom is 0.193 e. The van der Waals surface area contributed by atoms with Crippen LogP contribution in [0.5, 0.6) is 0 Å². The summed E-state index contributed by atoms with van der Waals surface area (Å²) in [5.74, 6) is 2.01. The molecule has 0 aliphatic heterocycles. The van der Waals surface area contributed by atoms with Crippen molar-refractivity contribution in [1.82, 2.24) is 15.1 Å². The van der Waals surface area contributed by atoms with Gasteiger partial charge in [-0.15, -0.1) is 6.58 Å². The van der Waals surface area contributed by atoms with Gasteiger partial charge in [0, 0.05) is 46.3 Å². The number of hydrogen-bond acceptors (Lipinski definition) is 2. The van der Waals surface area contributed by atoms with Crippen molar-refractivity contribution in [2.75, 3.05) is 40.3 Å². The van der Waals surface area contributed by atoms with Gasteiger partial charge >= 0.3 is 0 Å². The van der Waals surface area contributed by atoms with Crippen LogP contribution >= 0.6 is 0 Å². The predicted molar refractivity (Wildman–Crippen MR) is 90.7 cm³/mol. The summed E-state index contributed by atoms with van der Waals surface area (Å²) in [6.07, 6.45) is 9.89. The van der Waals surface area contributed by atoms with Gasteiger partial charge in [-0.2, -0.15) is 0 Å². The lowest BCUT2D eigenvalue weighted by atomic mass is 10.3. The molecule has 120 valence electrons. The molecule has 2 rings (SSSR count). The van der Waals surface area contributed by atoms with Crippen LogP contribution in [0.25, 0.3) is 0 Å². The first-order chi connectivity index (χ1) is 10.2. The van der Waals surface area contributed by atoms with E-state index in [1.165, 1.54) is 32.2 Å². The topological polar surface area (TPSA) is 30.9 Å². The smallest absolute Gasteiger partial charge is 0.193 e. The first-order valence-corrected chi connectivity index (χ1v) is 8.51. The third-order valence-electron chi connectivity index (χ3n) is 4.41. The first kappa shape index (κ1) is 16.3. The van der Waals surface area contributed by atoms with Crippen molar-refractivity contribution in [1.29, 1.82) is 0 Å². The largest absolute Gasteiger partial charge is 0.355 e. The quantitative estimate of drug-likeness (QED) is 0.290. The molecule has 0 radical (unpaired) electrons. The Hall–Kier alpha value is -1.03. The fourth-order valence-corrected chi connectivity index (χ4v) is 2.77. The van der Waals surface area contributed by atoms with Crippen LogP contribution in [0.2, 0.25) is 0 Å². The normalized spacial score (nSPS) is 18.9. The van der Waals surface area contributed by atoms with E-state index in [0.717, 1.165) is 50.4 Å². The highest BCUT2D eigenvalue weighted by molar-refractivity contribution is 5.79. The summed E-state index contributed by atoms with van der Waals surface area (Å²) < 4.78 is 0. The molecule has 2 fully saturated rings. The van der Waals surface area contributed by atoms with Crippen LogP contribution in [0.15, 0.2) is 17.6 Å². The minimum atomic E-state index is 0.875. The second-order valence-electron chi connectivity index (χ2n) is 6.50. The number of hydrogen-bond donors (Lipinski definition) is 1. The summed E-state index contributed by atoms with van der Waals surface area (Å²) in [5.41, 5.74) is 0. The van der Waals surface area contributed by atoms with Crippen LogP contribution in [0.3, 0.4) is 0 Å². The van der Waals surface area contributed by atoms with Gasteiger partial charge in [0.25, 0.3) is 0 Å². The second kappa shape index (κ2) is 8.42. The molecular weight excluding hydrogens is 260 g/mol. The van der Waals surface area contributed by atoms with Gasteiger partial charge in [-0.05, 0) is 44.4 Å². The van der Waals surface area contributed by atoms with Gasteiger partial charge in [0.05, 0.1) is 0 Å². The van der Waals surface area contributed by atoms with Gasteiger partial charge in [-0.25, -0.2) is 0 Å². The van der Waals surface area contributed by atoms with Gasteiger partial charge in [0.1, 0.15) is 0 Å². The van der Waals surface area contributed by atoms with Crippen LogP contribution in [-0.2, 0) is 0 Å². The van der Waals surface area contributed by atoms with Gasteiger partial charge in [0.2, 0.25) is 0 Å². The Morgan fingerprint density at radius 1 is 1.29 bits per heavy atom. The SMILES string of the molecule is C=CCCCN(C)C(=NC)NCCN(CC1CC1)C1CC1. The number of nitrogens with zero attached hydrogens (tertiary/aromatic N) is 3. The van der Waals surface area contributed by atoms with Gasteiger partial charge < -0.3 is 10.2 Å². The maximum atomic E-state index is 4.38. The van der Waals surface area contributed by atoms with E-state index in [4.69, 9.17) is 0 Å². The number of guanidine groups is 1.